The second kappa shape index (κ2) is 7.04. The summed E-state index contributed by atoms with van der Waals surface area (Å²) in [6.07, 6.45) is 7.84. The van der Waals surface area contributed by atoms with Gasteiger partial charge in [-0.15, -0.1) is 0 Å². The molecule has 0 heterocycles. The Bertz CT molecular complexity index is 396. The third-order valence-electron chi connectivity index (χ3n) is 4.29. The number of hydrogen-bond donors (Lipinski definition) is 1. The summed E-state index contributed by atoms with van der Waals surface area (Å²) in [5.41, 5.74) is 2.35. The Morgan fingerprint density at radius 2 is 2.05 bits per heavy atom. The molecule has 1 nitrogen and oxygen atoms in total. The lowest BCUT2D eigenvalue weighted by molar-refractivity contribution is 0.394. The molecule has 0 aromatic heterocycles. The Morgan fingerprint density at radius 1 is 1.32 bits per heavy atom. The molecule has 1 aliphatic rings. The lowest BCUT2D eigenvalue weighted by atomic mass is 9.91. The van der Waals surface area contributed by atoms with E-state index in [0.717, 1.165) is 24.4 Å². The second-order valence-corrected chi connectivity index (χ2v) is 5.89. The zero-order chi connectivity index (χ0) is 13.7. The highest BCUT2D eigenvalue weighted by molar-refractivity contribution is 5.29. The molecule has 1 aromatic carbocycles. The fourth-order valence-corrected chi connectivity index (χ4v) is 3.25. The molecule has 1 aliphatic carbocycles. The lowest BCUT2D eigenvalue weighted by Gasteiger charge is -2.24. The van der Waals surface area contributed by atoms with Crippen molar-refractivity contribution in [3.63, 3.8) is 0 Å². The molecule has 0 amide bonds. The molecule has 19 heavy (non-hydrogen) atoms. The molecular weight excluding hydrogens is 237 g/mol. The predicted octanol–water partition coefficient (Wildman–Crippen LogP) is 4.76. The molecule has 1 unspecified atom stereocenters. The first-order valence-corrected chi connectivity index (χ1v) is 7.70. The fourth-order valence-electron chi connectivity index (χ4n) is 3.25. The Hall–Kier alpha value is -0.890. The molecule has 0 saturated heterocycles. The van der Waals surface area contributed by atoms with Crippen LogP contribution in [0.5, 0.6) is 0 Å². The molecule has 0 spiro atoms. The van der Waals surface area contributed by atoms with E-state index in [1.807, 2.05) is 13.0 Å². The van der Waals surface area contributed by atoms with Gasteiger partial charge in [0.15, 0.2) is 0 Å². The Kier molecular flexibility index (Phi) is 5.38. The van der Waals surface area contributed by atoms with Gasteiger partial charge in [-0.25, -0.2) is 4.39 Å². The first-order valence-electron chi connectivity index (χ1n) is 7.70. The number of nitrogens with one attached hydrogen (secondary N) is 1. The van der Waals surface area contributed by atoms with E-state index in [2.05, 4.69) is 12.2 Å². The largest absolute Gasteiger partial charge is 0.310 e. The van der Waals surface area contributed by atoms with Crippen molar-refractivity contribution in [2.45, 2.75) is 58.4 Å². The van der Waals surface area contributed by atoms with Crippen molar-refractivity contribution in [2.75, 3.05) is 6.54 Å². The van der Waals surface area contributed by atoms with Crippen LogP contribution in [-0.4, -0.2) is 6.54 Å². The smallest absolute Gasteiger partial charge is 0.123 e. The van der Waals surface area contributed by atoms with Crippen LogP contribution in [0, 0.1) is 18.7 Å². The van der Waals surface area contributed by atoms with Gasteiger partial charge in [-0.3, -0.25) is 0 Å². The minimum absolute atomic E-state index is 0.128. The van der Waals surface area contributed by atoms with Gasteiger partial charge in [-0.2, -0.15) is 0 Å². The highest BCUT2D eigenvalue weighted by Crippen LogP contribution is 2.34. The molecule has 1 atom stereocenters. The van der Waals surface area contributed by atoms with Crippen LogP contribution in [0.4, 0.5) is 4.39 Å². The van der Waals surface area contributed by atoms with Gasteiger partial charge in [0.25, 0.3) is 0 Å². The number of halogens is 1. The summed E-state index contributed by atoms with van der Waals surface area (Å²) >= 11 is 0. The molecule has 0 radical (unpaired) electrons. The number of rotatable bonds is 6. The lowest BCUT2D eigenvalue weighted by Crippen LogP contribution is -2.24. The molecule has 1 saturated carbocycles. The van der Waals surface area contributed by atoms with Crippen molar-refractivity contribution in [1.29, 1.82) is 0 Å². The number of hydrogen-bond acceptors (Lipinski definition) is 1. The standard InChI is InChI=1S/C17H26FN/c1-3-10-19-17(12-14-6-4-5-7-14)16-9-8-15(18)11-13(16)2/h8-9,11,14,17,19H,3-7,10,12H2,1-2H3. The highest BCUT2D eigenvalue weighted by atomic mass is 19.1. The summed E-state index contributed by atoms with van der Waals surface area (Å²) < 4.78 is 13.2. The van der Waals surface area contributed by atoms with E-state index < -0.39 is 0 Å². The van der Waals surface area contributed by atoms with Crippen molar-refractivity contribution in [3.8, 4) is 0 Å². The molecule has 1 fully saturated rings. The molecular formula is C17H26FN. The van der Waals surface area contributed by atoms with Crippen LogP contribution < -0.4 is 5.32 Å². The normalized spacial score (nSPS) is 17.8. The van der Waals surface area contributed by atoms with Gasteiger partial charge in [0, 0.05) is 6.04 Å². The van der Waals surface area contributed by atoms with Gasteiger partial charge < -0.3 is 5.32 Å². The summed E-state index contributed by atoms with van der Waals surface area (Å²) in [6.45, 7) is 5.25. The van der Waals surface area contributed by atoms with Crippen molar-refractivity contribution < 1.29 is 4.39 Å². The number of aryl methyl sites for hydroxylation is 1. The first-order chi connectivity index (χ1) is 9.20. The minimum atomic E-state index is -0.128. The quantitative estimate of drug-likeness (QED) is 0.780. The van der Waals surface area contributed by atoms with E-state index in [9.17, 15) is 4.39 Å². The summed E-state index contributed by atoms with van der Waals surface area (Å²) in [4.78, 5) is 0. The molecule has 0 bridgehead atoms. The average Bonchev–Trinajstić information content (AvgIpc) is 2.88. The maximum absolute atomic E-state index is 13.2. The topological polar surface area (TPSA) is 12.0 Å². The van der Waals surface area contributed by atoms with Crippen LogP contribution in [0.3, 0.4) is 0 Å². The van der Waals surface area contributed by atoms with Crippen LogP contribution >= 0.6 is 0 Å². The third kappa shape index (κ3) is 4.04. The van der Waals surface area contributed by atoms with E-state index in [1.54, 1.807) is 12.1 Å². The summed E-state index contributed by atoms with van der Waals surface area (Å²) in [7, 11) is 0. The van der Waals surface area contributed by atoms with Gasteiger partial charge in [0.1, 0.15) is 5.82 Å². The molecule has 1 N–H and O–H groups in total. The number of benzene rings is 1. The zero-order valence-electron chi connectivity index (χ0n) is 12.2. The summed E-state index contributed by atoms with van der Waals surface area (Å²) in [5.74, 6) is 0.718. The van der Waals surface area contributed by atoms with Crippen molar-refractivity contribution in [3.05, 3.63) is 35.1 Å². The maximum atomic E-state index is 13.2. The SMILES string of the molecule is CCCNC(CC1CCCC1)c1ccc(F)cc1C. The predicted molar refractivity (Wildman–Crippen MR) is 78.7 cm³/mol. The van der Waals surface area contributed by atoms with E-state index >= 15 is 0 Å². The highest BCUT2D eigenvalue weighted by Gasteiger charge is 2.22. The zero-order valence-corrected chi connectivity index (χ0v) is 12.2. The van der Waals surface area contributed by atoms with Gasteiger partial charge in [0.2, 0.25) is 0 Å². The monoisotopic (exact) mass is 263 g/mol. The molecule has 106 valence electrons. The van der Waals surface area contributed by atoms with E-state index in [4.69, 9.17) is 0 Å². The molecule has 2 heteroatoms. The van der Waals surface area contributed by atoms with Crippen molar-refractivity contribution >= 4 is 0 Å². The Balaban J connectivity index is 2.10. The summed E-state index contributed by atoms with van der Waals surface area (Å²) in [6, 6.07) is 5.61. The average molecular weight is 263 g/mol. The molecule has 0 aliphatic heterocycles. The maximum Gasteiger partial charge on any atom is 0.123 e. The minimum Gasteiger partial charge on any atom is -0.310 e. The summed E-state index contributed by atoms with van der Waals surface area (Å²) in [5, 5.41) is 3.65. The second-order valence-electron chi connectivity index (χ2n) is 5.89. The van der Waals surface area contributed by atoms with Crippen molar-refractivity contribution in [2.24, 2.45) is 5.92 Å². The van der Waals surface area contributed by atoms with E-state index in [0.29, 0.717) is 6.04 Å². The Morgan fingerprint density at radius 3 is 2.68 bits per heavy atom. The third-order valence-corrected chi connectivity index (χ3v) is 4.29. The first kappa shape index (κ1) is 14.5. The van der Waals surface area contributed by atoms with Gasteiger partial charge in [-0.1, -0.05) is 38.7 Å². The van der Waals surface area contributed by atoms with Crippen LogP contribution in [0.2, 0.25) is 0 Å². The van der Waals surface area contributed by atoms with Gasteiger partial charge in [0.05, 0.1) is 0 Å². The van der Waals surface area contributed by atoms with Gasteiger partial charge >= 0.3 is 0 Å². The van der Waals surface area contributed by atoms with E-state index in [-0.39, 0.29) is 5.82 Å². The molecule has 2 rings (SSSR count). The van der Waals surface area contributed by atoms with Crippen LogP contribution in [-0.2, 0) is 0 Å². The van der Waals surface area contributed by atoms with Gasteiger partial charge in [-0.05, 0) is 55.5 Å². The van der Waals surface area contributed by atoms with Crippen molar-refractivity contribution in [1.82, 2.24) is 5.32 Å². The van der Waals surface area contributed by atoms with E-state index in [1.165, 1.54) is 37.7 Å². The van der Waals surface area contributed by atoms with Crippen LogP contribution in [0.25, 0.3) is 0 Å². The molecule has 1 aromatic rings. The fraction of sp³-hybridized carbons (Fsp3) is 0.647. The Labute approximate surface area is 116 Å². The van der Waals surface area contributed by atoms with Crippen LogP contribution in [0.1, 0.15) is 62.6 Å². The van der Waals surface area contributed by atoms with Crippen LogP contribution in [0.15, 0.2) is 18.2 Å².